The zero-order valence-corrected chi connectivity index (χ0v) is 10.4. The smallest absolute Gasteiger partial charge is 0.312 e. The summed E-state index contributed by atoms with van der Waals surface area (Å²) >= 11 is 1.26. The monoisotopic (exact) mass is 276 g/mol. The molecule has 96 valence electrons. The van der Waals surface area contributed by atoms with E-state index in [1.807, 2.05) is 0 Å². The van der Waals surface area contributed by atoms with Crippen molar-refractivity contribution in [2.45, 2.75) is 0 Å². The van der Waals surface area contributed by atoms with Crippen LogP contribution in [0.5, 0.6) is 0 Å². The van der Waals surface area contributed by atoms with Crippen LogP contribution in [-0.2, 0) is 4.84 Å². The molecule has 0 aliphatic carbocycles. The minimum Gasteiger partial charge on any atom is -0.312 e. The fourth-order valence-electron chi connectivity index (χ4n) is 1.26. The Morgan fingerprint density at radius 3 is 2.63 bits per heavy atom. The maximum atomic E-state index is 11.4. The van der Waals surface area contributed by atoms with Gasteiger partial charge in [0.25, 0.3) is 5.69 Å². The summed E-state index contributed by atoms with van der Waals surface area (Å²) in [5.41, 5.74) is 0.595. The van der Waals surface area contributed by atoms with E-state index in [4.69, 9.17) is 0 Å². The lowest BCUT2D eigenvalue weighted by molar-refractivity contribution is -0.384. The summed E-state index contributed by atoms with van der Waals surface area (Å²) in [4.78, 5) is 26.5. The number of hydrogen-bond acceptors (Lipinski definition) is 6. The molecule has 0 saturated carbocycles. The van der Waals surface area contributed by atoms with Crippen LogP contribution < -0.4 is 0 Å². The third-order valence-corrected chi connectivity index (χ3v) is 3.01. The Kier molecular flexibility index (Phi) is 3.99. The Morgan fingerprint density at radius 2 is 2.05 bits per heavy atom. The summed E-state index contributed by atoms with van der Waals surface area (Å²) in [6.45, 7) is 0. The number of thiophene rings is 1. The topological polar surface area (TPSA) is 81.8 Å². The lowest BCUT2D eigenvalue weighted by Crippen LogP contribution is -1.97. The maximum absolute atomic E-state index is 11.4. The Bertz CT molecular complexity index is 605. The molecule has 2 rings (SSSR count). The van der Waals surface area contributed by atoms with Crippen molar-refractivity contribution >= 4 is 29.2 Å². The summed E-state index contributed by atoms with van der Waals surface area (Å²) in [6.07, 6.45) is 1.31. The first-order valence-electron chi connectivity index (χ1n) is 5.19. The van der Waals surface area contributed by atoms with Gasteiger partial charge < -0.3 is 4.84 Å². The molecular formula is C12H8N2O4S. The molecule has 0 fully saturated rings. The number of nitro groups is 1. The highest BCUT2D eigenvalue weighted by Crippen LogP contribution is 2.11. The van der Waals surface area contributed by atoms with Crippen LogP contribution in [0, 0.1) is 10.1 Å². The predicted octanol–water partition coefficient (Wildman–Crippen LogP) is 2.85. The van der Waals surface area contributed by atoms with Gasteiger partial charge in [0.15, 0.2) is 0 Å². The molecular weight excluding hydrogens is 268 g/mol. The molecule has 6 nitrogen and oxygen atoms in total. The molecule has 2 aromatic rings. The number of hydrogen-bond donors (Lipinski definition) is 0. The van der Waals surface area contributed by atoms with E-state index >= 15 is 0 Å². The third-order valence-electron chi connectivity index (χ3n) is 2.16. The second-order valence-electron chi connectivity index (χ2n) is 3.44. The summed E-state index contributed by atoms with van der Waals surface area (Å²) in [6, 6.07) is 9.10. The molecule has 0 bridgehead atoms. The van der Waals surface area contributed by atoms with Gasteiger partial charge in [0, 0.05) is 12.1 Å². The average molecular weight is 276 g/mol. The molecule has 7 heteroatoms. The molecule has 0 saturated heterocycles. The fraction of sp³-hybridized carbons (Fsp3) is 0. The Morgan fingerprint density at radius 1 is 1.32 bits per heavy atom. The standard InChI is InChI=1S/C12H8N2O4S/c15-12(11-2-1-7-19-11)18-13-8-9-3-5-10(6-4-9)14(16)17/h1-8H. The normalized spacial score (nSPS) is 10.5. The highest BCUT2D eigenvalue weighted by Gasteiger charge is 2.07. The van der Waals surface area contributed by atoms with E-state index in [1.54, 1.807) is 17.5 Å². The molecule has 0 radical (unpaired) electrons. The SMILES string of the molecule is O=C(ON=Cc1ccc([N+](=O)[O-])cc1)c1cccs1. The number of rotatable bonds is 4. The van der Waals surface area contributed by atoms with Gasteiger partial charge in [-0.05, 0) is 29.1 Å². The van der Waals surface area contributed by atoms with Gasteiger partial charge >= 0.3 is 5.97 Å². The van der Waals surface area contributed by atoms with Crippen LogP contribution in [0.2, 0.25) is 0 Å². The lowest BCUT2D eigenvalue weighted by atomic mass is 10.2. The first kappa shape index (κ1) is 12.9. The molecule has 1 aromatic carbocycles. The molecule has 1 heterocycles. The number of nitrogens with zero attached hydrogens (tertiary/aromatic N) is 2. The van der Waals surface area contributed by atoms with Gasteiger partial charge in [-0.15, -0.1) is 11.3 Å². The second kappa shape index (κ2) is 5.87. The van der Waals surface area contributed by atoms with Gasteiger partial charge in [0.2, 0.25) is 0 Å². The molecule has 0 aliphatic rings. The van der Waals surface area contributed by atoms with Crippen molar-refractivity contribution in [2.24, 2.45) is 5.16 Å². The molecule has 0 N–H and O–H groups in total. The zero-order valence-electron chi connectivity index (χ0n) is 9.55. The van der Waals surface area contributed by atoms with E-state index < -0.39 is 10.9 Å². The minimum atomic E-state index is -0.534. The predicted molar refractivity (Wildman–Crippen MR) is 70.4 cm³/mol. The number of benzene rings is 1. The summed E-state index contributed by atoms with van der Waals surface area (Å²) < 4.78 is 0. The van der Waals surface area contributed by atoms with Gasteiger partial charge in [0.05, 0.1) is 11.1 Å². The van der Waals surface area contributed by atoms with E-state index in [1.165, 1.54) is 41.8 Å². The van der Waals surface area contributed by atoms with Crippen LogP contribution >= 0.6 is 11.3 Å². The minimum absolute atomic E-state index is 0.00673. The van der Waals surface area contributed by atoms with Gasteiger partial charge in [0.1, 0.15) is 4.88 Å². The van der Waals surface area contributed by atoms with Crippen molar-refractivity contribution in [1.29, 1.82) is 0 Å². The zero-order chi connectivity index (χ0) is 13.7. The first-order chi connectivity index (χ1) is 9.16. The third kappa shape index (κ3) is 3.46. The van der Waals surface area contributed by atoms with Crippen molar-refractivity contribution in [1.82, 2.24) is 0 Å². The molecule has 19 heavy (non-hydrogen) atoms. The van der Waals surface area contributed by atoms with E-state index in [0.717, 1.165) is 0 Å². The number of oxime groups is 1. The van der Waals surface area contributed by atoms with Crippen molar-refractivity contribution in [3.8, 4) is 0 Å². The molecule has 1 aromatic heterocycles. The van der Waals surface area contributed by atoms with E-state index in [0.29, 0.717) is 10.4 Å². The molecule has 0 amide bonds. The van der Waals surface area contributed by atoms with Crippen LogP contribution in [0.1, 0.15) is 15.2 Å². The number of carbonyl (C=O) groups is 1. The van der Waals surface area contributed by atoms with E-state index in [2.05, 4.69) is 9.99 Å². The van der Waals surface area contributed by atoms with Crippen LogP contribution in [-0.4, -0.2) is 17.1 Å². The van der Waals surface area contributed by atoms with Gasteiger partial charge in [-0.25, -0.2) is 4.79 Å². The van der Waals surface area contributed by atoms with Crippen molar-refractivity contribution in [3.63, 3.8) is 0 Å². The summed E-state index contributed by atoms with van der Waals surface area (Å²) in [5, 5.41) is 15.7. The van der Waals surface area contributed by atoms with Crippen molar-refractivity contribution in [2.75, 3.05) is 0 Å². The van der Waals surface area contributed by atoms with Crippen molar-refractivity contribution in [3.05, 3.63) is 62.3 Å². The Balaban J connectivity index is 1.95. The second-order valence-corrected chi connectivity index (χ2v) is 4.39. The quantitative estimate of drug-likeness (QED) is 0.372. The van der Waals surface area contributed by atoms with Gasteiger partial charge in [-0.3, -0.25) is 10.1 Å². The fourth-order valence-corrected chi connectivity index (χ4v) is 1.85. The molecule has 0 spiro atoms. The van der Waals surface area contributed by atoms with Crippen molar-refractivity contribution < 1.29 is 14.6 Å². The largest absolute Gasteiger partial charge is 0.375 e. The molecule has 0 atom stereocenters. The first-order valence-corrected chi connectivity index (χ1v) is 6.07. The highest BCUT2D eigenvalue weighted by atomic mass is 32.1. The maximum Gasteiger partial charge on any atom is 0.375 e. The number of nitro benzene ring substituents is 1. The highest BCUT2D eigenvalue weighted by molar-refractivity contribution is 7.11. The van der Waals surface area contributed by atoms with Crippen LogP contribution in [0.4, 0.5) is 5.69 Å². The molecule has 0 aliphatic heterocycles. The average Bonchev–Trinajstić information content (AvgIpc) is 2.93. The number of carbonyl (C=O) groups excluding carboxylic acids is 1. The van der Waals surface area contributed by atoms with Crippen LogP contribution in [0.15, 0.2) is 46.9 Å². The van der Waals surface area contributed by atoms with E-state index in [-0.39, 0.29) is 5.69 Å². The number of non-ortho nitro benzene ring substituents is 1. The van der Waals surface area contributed by atoms with Crippen LogP contribution in [0.25, 0.3) is 0 Å². The van der Waals surface area contributed by atoms with Gasteiger partial charge in [-0.1, -0.05) is 11.2 Å². The summed E-state index contributed by atoms with van der Waals surface area (Å²) in [7, 11) is 0. The Hall–Kier alpha value is -2.54. The van der Waals surface area contributed by atoms with Crippen LogP contribution in [0.3, 0.4) is 0 Å². The van der Waals surface area contributed by atoms with Gasteiger partial charge in [-0.2, -0.15) is 0 Å². The summed E-state index contributed by atoms with van der Waals surface area (Å²) in [5.74, 6) is -0.534. The Labute approximate surface area is 112 Å². The molecule has 0 unspecified atom stereocenters. The van der Waals surface area contributed by atoms with E-state index in [9.17, 15) is 14.9 Å². The lowest BCUT2D eigenvalue weighted by Gasteiger charge is -1.94.